The van der Waals surface area contributed by atoms with Crippen LogP contribution in [0.25, 0.3) is 0 Å². The van der Waals surface area contributed by atoms with E-state index in [4.69, 9.17) is 10.2 Å². The molecule has 2 rings (SSSR count). The summed E-state index contributed by atoms with van der Waals surface area (Å²) in [5.41, 5.74) is -1.35. The summed E-state index contributed by atoms with van der Waals surface area (Å²) in [5, 5.41) is 37.6. The summed E-state index contributed by atoms with van der Waals surface area (Å²) in [7, 11) is 0. The number of carboxylic acids is 2. The van der Waals surface area contributed by atoms with E-state index in [0.29, 0.717) is 0 Å². The SMILES string of the molecule is O=C(O)c1ccccc1[N+](=O)[O-].O=C(O)c1ccccc1[N+](=O)[O-].[Co]. The van der Waals surface area contributed by atoms with E-state index in [1.54, 1.807) is 0 Å². The molecule has 0 saturated carbocycles. The fourth-order valence-corrected chi connectivity index (χ4v) is 1.63. The number of para-hydroxylation sites is 2. The molecule has 0 aliphatic rings. The third-order valence-corrected chi connectivity index (χ3v) is 2.66. The second kappa shape index (κ2) is 9.74. The molecule has 25 heavy (non-hydrogen) atoms. The molecule has 0 atom stereocenters. The van der Waals surface area contributed by atoms with Crippen LogP contribution in [0.4, 0.5) is 11.4 Å². The zero-order chi connectivity index (χ0) is 18.3. The van der Waals surface area contributed by atoms with Crippen LogP contribution in [0.15, 0.2) is 48.5 Å². The summed E-state index contributed by atoms with van der Waals surface area (Å²) in [6, 6.07) is 10.4. The van der Waals surface area contributed by atoms with Crippen molar-refractivity contribution in [1.82, 2.24) is 0 Å². The van der Waals surface area contributed by atoms with E-state index >= 15 is 0 Å². The van der Waals surface area contributed by atoms with E-state index in [1.807, 2.05) is 0 Å². The summed E-state index contributed by atoms with van der Waals surface area (Å²) >= 11 is 0. The molecule has 1 radical (unpaired) electrons. The number of rotatable bonds is 4. The Morgan fingerprint density at radius 2 is 1.00 bits per heavy atom. The number of nitro benzene ring substituents is 2. The van der Waals surface area contributed by atoms with Gasteiger partial charge in [0.2, 0.25) is 0 Å². The van der Waals surface area contributed by atoms with E-state index in [1.165, 1.54) is 36.4 Å². The molecular weight excluding hydrogens is 383 g/mol. The molecule has 0 heterocycles. The Labute approximate surface area is 150 Å². The van der Waals surface area contributed by atoms with Gasteiger partial charge < -0.3 is 10.2 Å². The number of nitro groups is 2. The van der Waals surface area contributed by atoms with Gasteiger partial charge in [0.1, 0.15) is 11.1 Å². The molecular formula is C14H10CoN2O8. The maximum absolute atomic E-state index is 10.4. The van der Waals surface area contributed by atoms with Gasteiger partial charge in [-0.25, -0.2) is 9.59 Å². The first-order chi connectivity index (χ1) is 11.3. The van der Waals surface area contributed by atoms with Crippen molar-refractivity contribution in [2.75, 3.05) is 0 Å². The van der Waals surface area contributed by atoms with Crippen molar-refractivity contribution in [2.45, 2.75) is 0 Å². The Morgan fingerprint density at radius 1 is 0.720 bits per heavy atom. The third kappa shape index (κ3) is 6.00. The summed E-state index contributed by atoms with van der Waals surface area (Å²) < 4.78 is 0. The van der Waals surface area contributed by atoms with Gasteiger partial charge in [-0.05, 0) is 12.1 Å². The molecule has 0 aliphatic heterocycles. The Balaban J connectivity index is 0.000000443. The first kappa shape index (κ1) is 21.7. The number of hydrogen-bond acceptors (Lipinski definition) is 6. The zero-order valence-corrected chi connectivity index (χ0v) is 13.2. The summed E-state index contributed by atoms with van der Waals surface area (Å²) in [5.74, 6) is -2.58. The number of aromatic carboxylic acids is 2. The minimum atomic E-state index is -1.29. The van der Waals surface area contributed by atoms with Crippen LogP contribution in [0.2, 0.25) is 0 Å². The van der Waals surface area contributed by atoms with E-state index < -0.39 is 21.8 Å². The fraction of sp³-hybridized carbons (Fsp3) is 0. The van der Waals surface area contributed by atoms with Gasteiger partial charge in [0.05, 0.1) is 9.85 Å². The summed E-state index contributed by atoms with van der Waals surface area (Å²) in [6.07, 6.45) is 0. The zero-order valence-electron chi connectivity index (χ0n) is 12.2. The van der Waals surface area contributed by atoms with Crippen LogP contribution in [-0.4, -0.2) is 32.0 Å². The number of carbonyl (C=O) groups is 2. The maximum Gasteiger partial charge on any atom is 0.342 e. The smallest absolute Gasteiger partial charge is 0.342 e. The molecule has 2 aromatic carbocycles. The molecule has 0 aromatic heterocycles. The van der Waals surface area contributed by atoms with Gasteiger partial charge in [-0.1, -0.05) is 24.3 Å². The molecule has 0 bridgehead atoms. The predicted octanol–water partition coefficient (Wildman–Crippen LogP) is 2.58. The minimum absolute atomic E-state index is 0. The molecule has 0 spiro atoms. The van der Waals surface area contributed by atoms with Crippen molar-refractivity contribution in [2.24, 2.45) is 0 Å². The normalized spacial score (nSPS) is 8.96. The van der Waals surface area contributed by atoms with Crippen molar-refractivity contribution in [3.63, 3.8) is 0 Å². The molecule has 0 amide bonds. The molecule has 11 heteroatoms. The Bertz CT molecular complexity index is 675. The van der Waals surface area contributed by atoms with Crippen LogP contribution in [-0.2, 0) is 16.8 Å². The summed E-state index contributed by atoms with van der Waals surface area (Å²) in [4.78, 5) is 39.9. The fourth-order valence-electron chi connectivity index (χ4n) is 1.63. The third-order valence-electron chi connectivity index (χ3n) is 2.66. The van der Waals surface area contributed by atoms with E-state index in [2.05, 4.69) is 0 Å². The van der Waals surface area contributed by atoms with E-state index in [9.17, 15) is 29.8 Å². The largest absolute Gasteiger partial charge is 0.477 e. The van der Waals surface area contributed by atoms with Crippen molar-refractivity contribution >= 4 is 23.3 Å². The average Bonchev–Trinajstić information content (AvgIpc) is 2.55. The molecule has 2 aromatic rings. The number of nitrogens with zero attached hydrogens (tertiary/aromatic N) is 2. The van der Waals surface area contributed by atoms with Crippen LogP contribution >= 0.6 is 0 Å². The van der Waals surface area contributed by atoms with Gasteiger partial charge >= 0.3 is 11.9 Å². The first-order valence-electron chi connectivity index (χ1n) is 6.19. The summed E-state index contributed by atoms with van der Waals surface area (Å²) in [6.45, 7) is 0. The van der Waals surface area contributed by atoms with Gasteiger partial charge in [-0.15, -0.1) is 0 Å². The van der Waals surface area contributed by atoms with Crippen LogP contribution in [0.5, 0.6) is 0 Å². The molecule has 2 N–H and O–H groups in total. The van der Waals surface area contributed by atoms with Gasteiger partial charge in [0, 0.05) is 28.9 Å². The van der Waals surface area contributed by atoms with Crippen molar-refractivity contribution in [1.29, 1.82) is 0 Å². The van der Waals surface area contributed by atoms with Crippen molar-refractivity contribution < 1.29 is 46.4 Å². The van der Waals surface area contributed by atoms with Crippen LogP contribution in [0.1, 0.15) is 20.7 Å². The van der Waals surface area contributed by atoms with Crippen LogP contribution < -0.4 is 0 Å². The average molecular weight is 393 g/mol. The number of hydrogen-bond donors (Lipinski definition) is 2. The standard InChI is InChI=1S/2C7H5NO4.Co/c2*9-7(10)5-3-1-2-4-6(5)8(11)12;/h2*1-4H,(H,9,10);. The van der Waals surface area contributed by atoms with Gasteiger partial charge in [-0.3, -0.25) is 20.2 Å². The monoisotopic (exact) mass is 393 g/mol. The molecule has 0 saturated heterocycles. The van der Waals surface area contributed by atoms with Crippen molar-refractivity contribution in [3.05, 3.63) is 79.9 Å². The topological polar surface area (TPSA) is 161 Å². The minimum Gasteiger partial charge on any atom is -0.477 e. The molecule has 0 unspecified atom stereocenters. The van der Waals surface area contributed by atoms with Crippen molar-refractivity contribution in [3.8, 4) is 0 Å². The second-order valence-corrected chi connectivity index (χ2v) is 4.16. The Kier molecular flexibility index (Phi) is 8.45. The van der Waals surface area contributed by atoms with Crippen LogP contribution in [0.3, 0.4) is 0 Å². The van der Waals surface area contributed by atoms with E-state index in [-0.39, 0.29) is 39.3 Å². The Hall–Kier alpha value is -3.31. The molecule has 0 fully saturated rings. The number of benzene rings is 2. The molecule has 10 nitrogen and oxygen atoms in total. The molecule has 133 valence electrons. The number of carboxylic acid groups (broad SMARTS) is 2. The predicted molar refractivity (Wildman–Crippen MR) is 80.1 cm³/mol. The second-order valence-electron chi connectivity index (χ2n) is 4.16. The Morgan fingerprint density at radius 3 is 1.20 bits per heavy atom. The van der Waals surface area contributed by atoms with Gasteiger partial charge in [-0.2, -0.15) is 0 Å². The quantitative estimate of drug-likeness (QED) is 0.592. The van der Waals surface area contributed by atoms with Crippen LogP contribution in [0, 0.1) is 20.2 Å². The van der Waals surface area contributed by atoms with E-state index in [0.717, 1.165) is 12.1 Å². The molecule has 0 aliphatic carbocycles. The maximum atomic E-state index is 10.4. The van der Waals surface area contributed by atoms with Gasteiger partial charge in [0.25, 0.3) is 11.4 Å². The van der Waals surface area contributed by atoms with Gasteiger partial charge in [0.15, 0.2) is 0 Å². The first-order valence-corrected chi connectivity index (χ1v) is 6.19.